The van der Waals surface area contributed by atoms with Crippen LogP contribution >= 0.6 is 0 Å². The second-order valence-electron chi connectivity index (χ2n) is 7.18. The van der Waals surface area contributed by atoms with Crippen molar-refractivity contribution in [3.8, 4) is 6.19 Å². The molecule has 0 spiro atoms. The Hall–Kier alpha value is -2.14. The fraction of sp³-hybridized carbons (Fsp3) is 0.778. The quantitative estimate of drug-likeness (QED) is 0.388. The molecule has 2 heterocycles. The Morgan fingerprint density at radius 1 is 1.00 bits per heavy atom. The van der Waals surface area contributed by atoms with Gasteiger partial charge in [-0.25, -0.2) is 0 Å². The van der Waals surface area contributed by atoms with Crippen molar-refractivity contribution in [3.63, 3.8) is 0 Å². The maximum absolute atomic E-state index is 8.92. The molecule has 2 aliphatic rings. The highest BCUT2D eigenvalue weighted by Crippen LogP contribution is 2.21. The van der Waals surface area contributed by atoms with Crippen molar-refractivity contribution in [1.82, 2.24) is 19.9 Å². The van der Waals surface area contributed by atoms with Crippen LogP contribution < -0.4 is 16.0 Å². The van der Waals surface area contributed by atoms with Crippen LogP contribution in [0.15, 0.2) is 0 Å². The van der Waals surface area contributed by atoms with Gasteiger partial charge >= 0.3 is 0 Å². The summed E-state index contributed by atoms with van der Waals surface area (Å²) in [6.45, 7) is 5.24. The van der Waals surface area contributed by atoms with E-state index in [1.807, 2.05) is 6.19 Å². The van der Waals surface area contributed by atoms with Gasteiger partial charge in [0.05, 0.1) is 0 Å². The summed E-state index contributed by atoms with van der Waals surface area (Å²) in [7, 11) is 0. The van der Waals surface area contributed by atoms with Crippen LogP contribution in [0.5, 0.6) is 0 Å². The van der Waals surface area contributed by atoms with Crippen LogP contribution in [0, 0.1) is 11.5 Å². The summed E-state index contributed by atoms with van der Waals surface area (Å²) in [5.74, 6) is 1.36. The molecule has 0 bridgehead atoms. The number of likely N-dealkylation sites (N-methyl/N-ethyl adjacent to an activating group) is 1. The number of aromatic nitrogens is 3. The zero-order valence-electron chi connectivity index (χ0n) is 15.7. The predicted molar refractivity (Wildman–Crippen MR) is 103 cm³/mol. The third-order valence-electron chi connectivity index (χ3n) is 5.39. The van der Waals surface area contributed by atoms with Crippen LogP contribution in [0.4, 0.5) is 17.8 Å². The highest BCUT2D eigenvalue weighted by Gasteiger charge is 2.23. The van der Waals surface area contributed by atoms with E-state index in [9.17, 15) is 0 Å². The lowest BCUT2D eigenvalue weighted by atomic mass is 10.1. The SMILES string of the molecule is CCN1CCCC1CNc1nc(NC#N)nc(NC2CCCCCC2)n1. The lowest BCUT2D eigenvalue weighted by Crippen LogP contribution is -2.35. The molecule has 0 radical (unpaired) electrons. The Labute approximate surface area is 155 Å². The summed E-state index contributed by atoms with van der Waals surface area (Å²) < 4.78 is 0. The number of likely N-dealkylation sites (tertiary alicyclic amines) is 1. The second kappa shape index (κ2) is 9.53. The van der Waals surface area contributed by atoms with Gasteiger partial charge < -0.3 is 10.6 Å². The fourth-order valence-electron chi connectivity index (χ4n) is 3.98. The molecule has 1 saturated heterocycles. The number of hydrogen-bond donors (Lipinski definition) is 3. The molecule has 1 saturated carbocycles. The van der Waals surface area contributed by atoms with Crippen molar-refractivity contribution in [2.75, 3.05) is 35.6 Å². The number of hydrogen-bond acceptors (Lipinski definition) is 8. The smallest absolute Gasteiger partial charge is 0.242 e. The van der Waals surface area contributed by atoms with Gasteiger partial charge in [0.15, 0.2) is 6.19 Å². The minimum atomic E-state index is 0.292. The molecule has 26 heavy (non-hydrogen) atoms. The van der Waals surface area contributed by atoms with Crippen LogP contribution in [0.2, 0.25) is 0 Å². The van der Waals surface area contributed by atoms with E-state index in [0.29, 0.717) is 29.9 Å². The summed E-state index contributed by atoms with van der Waals surface area (Å²) in [6, 6.07) is 0.913. The van der Waals surface area contributed by atoms with Crippen LogP contribution in [0.25, 0.3) is 0 Å². The standard InChI is InChI=1S/C18H30N8/c1-2-26-11-7-10-15(26)12-20-16-23-17(21-13-19)25-18(24-16)22-14-8-5-3-4-6-9-14/h14-15H,2-12H2,1H3,(H3,20,21,22,23,24,25). The average molecular weight is 358 g/mol. The third kappa shape index (κ3) is 5.18. The Bertz CT molecular complexity index is 606. The van der Waals surface area contributed by atoms with Gasteiger partial charge in [-0.05, 0) is 38.8 Å². The molecule has 8 heteroatoms. The first kappa shape index (κ1) is 18.6. The van der Waals surface area contributed by atoms with E-state index in [1.54, 1.807) is 0 Å². The Balaban J connectivity index is 1.66. The highest BCUT2D eigenvalue weighted by molar-refractivity contribution is 5.44. The third-order valence-corrected chi connectivity index (χ3v) is 5.39. The van der Waals surface area contributed by atoms with Crippen LogP contribution in [-0.4, -0.2) is 51.6 Å². The molecule has 1 aromatic rings. The molecule has 8 nitrogen and oxygen atoms in total. The van der Waals surface area contributed by atoms with Crippen molar-refractivity contribution in [2.24, 2.45) is 0 Å². The van der Waals surface area contributed by atoms with Gasteiger partial charge in [-0.1, -0.05) is 32.6 Å². The van der Waals surface area contributed by atoms with Crippen molar-refractivity contribution < 1.29 is 0 Å². The minimum Gasteiger partial charge on any atom is -0.352 e. The van der Waals surface area contributed by atoms with Gasteiger partial charge in [0.1, 0.15) is 0 Å². The number of nitrogens with one attached hydrogen (secondary N) is 3. The monoisotopic (exact) mass is 358 g/mol. The first-order valence-electron chi connectivity index (χ1n) is 9.94. The molecule has 1 aliphatic carbocycles. The second-order valence-corrected chi connectivity index (χ2v) is 7.18. The summed E-state index contributed by atoms with van der Waals surface area (Å²) in [5, 5.41) is 18.3. The molecule has 2 fully saturated rings. The molecular weight excluding hydrogens is 328 g/mol. The van der Waals surface area contributed by atoms with E-state index in [0.717, 1.165) is 32.5 Å². The molecule has 1 unspecified atom stereocenters. The molecule has 1 aromatic heterocycles. The number of rotatable bonds is 7. The van der Waals surface area contributed by atoms with Crippen LogP contribution in [0.3, 0.4) is 0 Å². The molecule has 0 aromatic carbocycles. The number of nitriles is 1. The number of anilines is 3. The molecule has 3 N–H and O–H groups in total. The number of nitrogens with zero attached hydrogens (tertiary/aromatic N) is 5. The average Bonchev–Trinajstić information content (AvgIpc) is 2.95. The molecule has 0 amide bonds. The van der Waals surface area contributed by atoms with E-state index < -0.39 is 0 Å². The van der Waals surface area contributed by atoms with Crippen molar-refractivity contribution in [3.05, 3.63) is 0 Å². The highest BCUT2D eigenvalue weighted by atomic mass is 15.3. The normalized spacial score (nSPS) is 21.8. The first-order chi connectivity index (χ1) is 12.8. The summed E-state index contributed by atoms with van der Waals surface area (Å²) in [6.07, 6.45) is 11.7. The van der Waals surface area contributed by atoms with E-state index in [1.165, 1.54) is 38.5 Å². The van der Waals surface area contributed by atoms with Gasteiger partial charge in [0.2, 0.25) is 17.8 Å². The summed E-state index contributed by atoms with van der Waals surface area (Å²) in [4.78, 5) is 15.7. The maximum atomic E-state index is 8.92. The lowest BCUT2D eigenvalue weighted by Gasteiger charge is -2.23. The van der Waals surface area contributed by atoms with Gasteiger partial charge in [0.25, 0.3) is 0 Å². The van der Waals surface area contributed by atoms with E-state index in [-0.39, 0.29) is 0 Å². The minimum absolute atomic E-state index is 0.292. The summed E-state index contributed by atoms with van der Waals surface area (Å²) >= 11 is 0. The van der Waals surface area contributed by atoms with Crippen molar-refractivity contribution in [2.45, 2.75) is 70.4 Å². The molecule has 3 rings (SSSR count). The Morgan fingerprint density at radius 2 is 1.73 bits per heavy atom. The Morgan fingerprint density at radius 3 is 2.46 bits per heavy atom. The van der Waals surface area contributed by atoms with E-state index in [4.69, 9.17) is 5.26 Å². The van der Waals surface area contributed by atoms with Crippen molar-refractivity contribution in [1.29, 1.82) is 5.26 Å². The fourth-order valence-corrected chi connectivity index (χ4v) is 3.98. The maximum Gasteiger partial charge on any atom is 0.242 e. The first-order valence-corrected chi connectivity index (χ1v) is 9.94. The van der Waals surface area contributed by atoms with Gasteiger partial charge in [-0.2, -0.15) is 20.2 Å². The molecule has 142 valence electrons. The van der Waals surface area contributed by atoms with Gasteiger partial charge in [0, 0.05) is 18.6 Å². The lowest BCUT2D eigenvalue weighted by molar-refractivity contribution is 0.277. The van der Waals surface area contributed by atoms with E-state index >= 15 is 0 Å². The van der Waals surface area contributed by atoms with Gasteiger partial charge in [-0.15, -0.1) is 0 Å². The summed E-state index contributed by atoms with van der Waals surface area (Å²) in [5.41, 5.74) is 0. The van der Waals surface area contributed by atoms with Gasteiger partial charge in [-0.3, -0.25) is 10.2 Å². The zero-order chi connectivity index (χ0) is 18.2. The topological polar surface area (TPSA) is 102 Å². The van der Waals surface area contributed by atoms with Crippen LogP contribution in [-0.2, 0) is 0 Å². The van der Waals surface area contributed by atoms with Crippen LogP contribution in [0.1, 0.15) is 58.3 Å². The predicted octanol–water partition coefficient (Wildman–Crippen LogP) is 2.80. The van der Waals surface area contributed by atoms with Crippen molar-refractivity contribution >= 4 is 17.8 Å². The Kier molecular flexibility index (Phi) is 6.83. The molecule has 1 atom stereocenters. The zero-order valence-corrected chi connectivity index (χ0v) is 15.7. The van der Waals surface area contributed by atoms with E-state index in [2.05, 4.69) is 42.7 Å². The molecular formula is C18H30N8. The molecule has 1 aliphatic heterocycles. The largest absolute Gasteiger partial charge is 0.352 e.